The maximum absolute atomic E-state index is 13.7. The summed E-state index contributed by atoms with van der Waals surface area (Å²) in [7, 11) is 1.34. The Morgan fingerprint density at radius 3 is 2.27 bits per heavy atom. The summed E-state index contributed by atoms with van der Waals surface area (Å²) in [6.07, 6.45) is 2.44. The maximum atomic E-state index is 13.7. The van der Waals surface area contributed by atoms with E-state index in [0.29, 0.717) is 30.8 Å². The summed E-state index contributed by atoms with van der Waals surface area (Å²) in [5, 5.41) is 2.92. The van der Waals surface area contributed by atoms with E-state index in [1.807, 2.05) is 92.0 Å². The van der Waals surface area contributed by atoms with Gasteiger partial charge in [-0.3, -0.25) is 4.79 Å². The number of nitrogens with zero attached hydrogens (tertiary/aromatic N) is 1. The topological polar surface area (TPSA) is 103 Å². The van der Waals surface area contributed by atoms with Gasteiger partial charge in [-0.1, -0.05) is 60.7 Å². The lowest BCUT2D eigenvalue weighted by Gasteiger charge is -2.26. The maximum Gasteiger partial charge on any atom is 0.328 e. The highest BCUT2D eigenvalue weighted by molar-refractivity contribution is 7.98. The SMILES string of the molecule is COC(=O)C(CCSC)NC(=O)c1ccc(CN(Cc2ccccc2)c2ccc(SOON)cc2)cc1-c1ccccc1C. The average Bonchev–Trinajstić information content (AvgIpc) is 3.05. The molecule has 0 fully saturated rings. The second kappa shape index (κ2) is 16.9. The van der Waals surface area contributed by atoms with Crippen molar-refractivity contribution in [2.45, 2.75) is 37.4 Å². The number of aryl methyl sites for hydroxylation is 1. The molecule has 3 N–H and O–H groups in total. The summed E-state index contributed by atoms with van der Waals surface area (Å²) in [5.41, 5.74) is 6.51. The number of carbonyl (C=O) groups is 2. The molecule has 0 saturated heterocycles. The molecule has 0 aliphatic carbocycles. The minimum atomic E-state index is -0.728. The molecule has 4 aromatic rings. The molecule has 0 spiro atoms. The van der Waals surface area contributed by atoms with Gasteiger partial charge in [0.25, 0.3) is 5.91 Å². The standard InChI is InChI=1S/C34H37N3O5S2/c1-24-9-7-8-12-29(24)31-21-26(13-18-30(31)33(38)36-32(19-20-43-3)34(39)40-2)23-37(22-25-10-5-4-6-11-25)27-14-16-28(17-15-27)44-42-41-35/h4-18,21,32H,19-20,22-23,35H2,1-3H3,(H,36,38). The summed E-state index contributed by atoms with van der Waals surface area (Å²) < 4.78 is 9.76. The van der Waals surface area contributed by atoms with Gasteiger partial charge in [0.15, 0.2) is 0 Å². The molecule has 10 heteroatoms. The number of rotatable bonds is 15. The number of ether oxygens (including phenoxy) is 1. The van der Waals surface area contributed by atoms with E-state index in [1.54, 1.807) is 11.8 Å². The van der Waals surface area contributed by atoms with E-state index in [4.69, 9.17) is 15.0 Å². The van der Waals surface area contributed by atoms with Crippen LogP contribution in [-0.2, 0) is 31.9 Å². The Morgan fingerprint density at radius 2 is 1.59 bits per heavy atom. The monoisotopic (exact) mass is 631 g/mol. The number of carbonyl (C=O) groups excluding carboxylic acids is 2. The Kier molecular flexibility index (Phi) is 12.7. The summed E-state index contributed by atoms with van der Waals surface area (Å²) in [5.74, 6) is 4.93. The lowest BCUT2D eigenvalue weighted by atomic mass is 9.93. The molecule has 4 rings (SSSR count). The number of anilines is 1. The zero-order chi connectivity index (χ0) is 31.3. The Labute approximate surface area is 267 Å². The lowest BCUT2D eigenvalue weighted by molar-refractivity contribution is -0.195. The number of nitrogens with one attached hydrogen (secondary N) is 1. The molecular formula is C34H37N3O5S2. The van der Waals surface area contributed by atoms with Crippen LogP contribution in [0.3, 0.4) is 0 Å². The largest absolute Gasteiger partial charge is 0.467 e. The first kappa shape index (κ1) is 33.1. The Morgan fingerprint density at radius 1 is 0.886 bits per heavy atom. The van der Waals surface area contributed by atoms with Crippen LogP contribution in [0.4, 0.5) is 5.69 Å². The van der Waals surface area contributed by atoms with Crippen molar-refractivity contribution in [3.05, 3.63) is 119 Å². The van der Waals surface area contributed by atoms with Crippen LogP contribution < -0.4 is 16.1 Å². The Hall–Kier alpha value is -3.80. The van der Waals surface area contributed by atoms with Crippen LogP contribution >= 0.6 is 23.8 Å². The van der Waals surface area contributed by atoms with Gasteiger partial charge in [0.05, 0.1) is 19.2 Å². The van der Waals surface area contributed by atoms with Gasteiger partial charge in [-0.25, -0.2) is 4.79 Å². The van der Waals surface area contributed by atoms with E-state index in [2.05, 4.69) is 33.4 Å². The number of methoxy groups -OCH3 is 1. The highest BCUT2D eigenvalue weighted by Crippen LogP contribution is 2.31. The van der Waals surface area contributed by atoms with Crippen molar-refractivity contribution >= 4 is 41.4 Å². The molecule has 0 radical (unpaired) electrons. The molecule has 1 unspecified atom stereocenters. The Bertz CT molecular complexity index is 1520. The van der Waals surface area contributed by atoms with Crippen LogP contribution in [0.25, 0.3) is 11.1 Å². The molecule has 230 valence electrons. The average molecular weight is 632 g/mol. The first-order chi connectivity index (χ1) is 21.4. The molecule has 8 nitrogen and oxygen atoms in total. The minimum Gasteiger partial charge on any atom is -0.467 e. The van der Waals surface area contributed by atoms with Crippen molar-refractivity contribution in [3.63, 3.8) is 0 Å². The third-order valence-electron chi connectivity index (χ3n) is 7.13. The summed E-state index contributed by atoms with van der Waals surface area (Å²) in [4.78, 5) is 33.5. The molecule has 0 saturated carbocycles. The first-order valence-corrected chi connectivity index (χ1v) is 16.2. The number of benzene rings is 4. The van der Waals surface area contributed by atoms with E-state index in [0.717, 1.165) is 44.9 Å². The molecule has 0 bridgehead atoms. The molecule has 44 heavy (non-hydrogen) atoms. The summed E-state index contributed by atoms with van der Waals surface area (Å²) in [6, 6.07) is 31.4. The fourth-order valence-corrected chi connectivity index (χ4v) is 5.72. The van der Waals surface area contributed by atoms with Crippen LogP contribution in [-0.4, -0.2) is 37.0 Å². The number of hydrogen-bond acceptors (Lipinski definition) is 9. The molecule has 4 aromatic carbocycles. The summed E-state index contributed by atoms with van der Waals surface area (Å²) >= 11 is 2.64. The van der Waals surface area contributed by atoms with Gasteiger partial charge in [-0.2, -0.15) is 17.7 Å². The molecule has 0 aliphatic heterocycles. The zero-order valence-electron chi connectivity index (χ0n) is 25.0. The van der Waals surface area contributed by atoms with Crippen LogP contribution in [0.2, 0.25) is 0 Å². The van der Waals surface area contributed by atoms with E-state index in [-0.39, 0.29) is 5.91 Å². The van der Waals surface area contributed by atoms with Gasteiger partial charge in [0, 0.05) is 29.2 Å². The zero-order valence-corrected chi connectivity index (χ0v) is 26.7. The third kappa shape index (κ3) is 9.10. The molecule has 1 amide bonds. The van der Waals surface area contributed by atoms with E-state index in [9.17, 15) is 9.59 Å². The molecular weight excluding hydrogens is 595 g/mol. The van der Waals surface area contributed by atoms with Crippen LogP contribution in [0, 0.1) is 6.92 Å². The predicted octanol–water partition coefficient (Wildman–Crippen LogP) is 6.72. The lowest BCUT2D eigenvalue weighted by Crippen LogP contribution is -2.42. The van der Waals surface area contributed by atoms with Crippen molar-refractivity contribution < 1.29 is 23.6 Å². The van der Waals surface area contributed by atoms with Crippen molar-refractivity contribution in [2.75, 3.05) is 24.0 Å². The molecule has 0 aromatic heterocycles. The second-order valence-electron chi connectivity index (χ2n) is 10.1. The van der Waals surface area contributed by atoms with Crippen molar-refractivity contribution in [1.82, 2.24) is 5.32 Å². The van der Waals surface area contributed by atoms with E-state index < -0.39 is 12.0 Å². The molecule has 0 aliphatic rings. The number of thioether (sulfide) groups is 1. The van der Waals surface area contributed by atoms with Crippen LogP contribution in [0.15, 0.2) is 102 Å². The van der Waals surface area contributed by atoms with Crippen molar-refractivity contribution in [3.8, 4) is 11.1 Å². The molecule has 1 atom stereocenters. The van der Waals surface area contributed by atoms with Gasteiger partial charge >= 0.3 is 5.97 Å². The highest BCUT2D eigenvalue weighted by Gasteiger charge is 2.24. The normalized spacial score (nSPS) is 11.5. The smallest absolute Gasteiger partial charge is 0.328 e. The third-order valence-corrected chi connectivity index (χ3v) is 8.38. The fraction of sp³-hybridized carbons (Fsp3) is 0.235. The summed E-state index contributed by atoms with van der Waals surface area (Å²) in [6.45, 7) is 3.29. The quantitative estimate of drug-likeness (QED) is 0.0640. The molecule has 0 heterocycles. The first-order valence-electron chi connectivity index (χ1n) is 14.1. The van der Waals surface area contributed by atoms with Gasteiger partial charge in [0.2, 0.25) is 0 Å². The number of esters is 1. The number of nitrogens with two attached hydrogens (primary N) is 1. The number of amides is 1. The van der Waals surface area contributed by atoms with Gasteiger partial charge in [-0.15, -0.1) is 9.32 Å². The number of hydrogen-bond donors (Lipinski definition) is 2. The predicted molar refractivity (Wildman–Crippen MR) is 178 cm³/mol. The van der Waals surface area contributed by atoms with Crippen LogP contribution in [0.5, 0.6) is 0 Å². The van der Waals surface area contributed by atoms with Gasteiger partial charge < -0.3 is 15.0 Å². The Balaban J connectivity index is 1.69. The second-order valence-corrected chi connectivity index (χ2v) is 11.9. The van der Waals surface area contributed by atoms with Gasteiger partial charge in [0.1, 0.15) is 6.04 Å². The van der Waals surface area contributed by atoms with Crippen molar-refractivity contribution in [1.29, 1.82) is 0 Å². The van der Waals surface area contributed by atoms with Crippen molar-refractivity contribution in [2.24, 2.45) is 5.90 Å². The van der Waals surface area contributed by atoms with Gasteiger partial charge in [-0.05, 0) is 89.6 Å². The fourth-order valence-electron chi connectivity index (χ4n) is 4.88. The van der Waals surface area contributed by atoms with E-state index >= 15 is 0 Å². The highest BCUT2D eigenvalue weighted by atomic mass is 32.2. The van der Waals surface area contributed by atoms with Crippen LogP contribution in [0.1, 0.15) is 33.5 Å². The van der Waals surface area contributed by atoms with E-state index in [1.165, 1.54) is 12.7 Å². The minimum absolute atomic E-state index is 0.316.